The number of hydrogen-bond acceptors (Lipinski definition) is 2. The van der Waals surface area contributed by atoms with Gasteiger partial charge in [-0.05, 0) is 31.4 Å². The van der Waals surface area contributed by atoms with Crippen LogP contribution in [0, 0.1) is 6.92 Å². The summed E-state index contributed by atoms with van der Waals surface area (Å²) >= 11 is 0. The van der Waals surface area contributed by atoms with Gasteiger partial charge in [0.15, 0.2) is 0 Å². The van der Waals surface area contributed by atoms with Gasteiger partial charge in [-0.25, -0.2) is 4.98 Å². The van der Waals surface area contributed by atoms with Gasteiger partial charge in [0, 0.05) is 16.8 Å². The van der Waals surface area contributed by atoms with Crippen LogP contribution < -0.4 is 0 Å². The number of aliphatic hydroxyl groups is 1. The van der Waals surface area contributed by atoms with Gasteiger partial charge in [0.05, 0.1) is 17.0 Å². The summed E-state index contributed by atoms with van der Waals surface area (Å²) in [7, 11) is 0. The molecule has 0 atom stereocenters. The summed E-state index contributed by atoms with van der Waals surface area (Å²) in [6.45, 7) is 3.73. The minimum absolute atomic E-state index is 0.269. The Bertz CT molecular complexity index is 799. The number of rotatable bonds is 1. The second kappa shape index (κ2) is 4.39. The molecule has 0 saturated heterocycles. The second-order valence-electron chi connectivity index (χ2n) is 4.85. The Morgan fingerprint density at radius 2 is 1.84 bits per heavy atom. The van der Waals surface area contributed by atoms with Crippen LogP contribution in [-0.2, 0) is 0 Å². The van der Waals surface area contributed by atoms with Gasteiger partial charge in [-0.1, -0.05) is 35.9 Å². The van der Waals surface area contributed by atoms with E-state index in [-0.39, 0.29) is 5.76 Å². The van der Waals surface area contributed by atoms with Crippen molar-refractivity contribution in [2.75, 3.05) is 0 Å². The van der Waals surface area contributed by atoms with Crippen LogP contribution in [0.5, 0.6) is 0 Å². The number of pyridine rings is 1. The third kappa shape index (κ3) is 2.06. The zero-order chi connectivity index (χ0) is 13.4. The molecule has 0 amide bonds. The maximum absolute atomic E-state index is 9.53. The predicted octanol–water partition coefficient (Wildman–Crippen LogP) is 4.62. The van der Waals surface area contributed by atoms with Crippen LogP contribution in [0.25, 0.3) is 27.8 Å². The second-order valence-corrected chi connectivity index (χ2v) is 4.85. The third-order valence-electron chi connectivity index (χ3n) is 3.23. The van der Waals surface area contributed by atoms with Gasteiger partial charge in [-0.3, -0.25) is 0 Å². The lowest BCUT2D eigenvalue weighted by Gasteiger charge is -2.08. The van der Waals surface area contributed by atoms with E-state index in [1.54, 1.807) is 13.0 Å². The SMILES string of the molecule is C/C(O)=C/c1nc2ccccc2c2ccc(C)cc12. The third-order valence-corrected chi connectivity index (χ3v) is 3.23. The zero-order valence-corrected chi connectivity index (χ0v) is 11.0. The van der Waals surface area contributed by atoms with Gasteiger partial charge in [-0.2, -0.15) is 0 Å². The Kier molecular flexibility index (Phi) is 2.71. The highest BCUT2D eigenvalue weighted by atomic mass is 16.3. The molecule has 1 N–H and O–H groups in total. The molecule has 19 heavy (non-hydrogen) atoms. The number of para-hydroxylation sites is 1. The average Bonchev–Trinajstić information content (AvgIpc) is 2.38. The Hall–Kier alpha value is -2.35. The fourth-order valence-electron chi connectivity index (χ4n) is 2.40. The van der Waals surface area contributed by atoms with E-state index >= 15 is 0 Å². The van der Waals surface area contributed by atoms with Crippen molar-refractivity contribution in [1.29, 1.82) is 0 Å². The molecular formula is C17H15NO. The Morgan fingerprint density at radius 3 is 2.63 bits per heavy atom. The molecule has 1 heterocycles. The first-order chi connectivity index (χ1) is 9.15. The smallest absolute Gasteiger partial charge is 0.0913 e. The number of nitrogens with zero attached hydrogens (tertiary/aromatic N) is 1. The maximum atomic E-state index is 9.53. The van der Waals surface area contributed by atoms with Crippen molar-refractivity contribution in [3.05, 3.63) is 59.5 Å². The fourth-order valence-corrected chi connectivity index (χ4v) is 2.40. The summed E-state index contributed by atoms with van der Waals surface area (Å²) in [5, 5.41) is 12.9. The van der Waals surface area contributed by atoms with Gasteiger partial charge in [0.25, 0.3) is 0 Å². The van der Waals surface area contributed by atoms with Crippen molar-refractivity contribution in [3.63, 3.8) is 0 Å². The number of hydrogen-bond donors (Lipinski definition) is 1. The van der Waals surface area contributed by atoms with Gasteiger partial charge in [0.1, 0.15) is 0 Å². The van der Waals surface area contributed by atoms with Crippen LogP contribution in [-0.4, -0.2) is 10.1 Å². The summed E-state index contributed by atoms with van der Waals surface area (Å²) in [5.41, 5.74) is 2.96. The number of benzene rings is 2. The number of aliphatic hydroxyl groups excluding tert-OH is 1. The molecule has 3 aromatic rings. The van der Waals surface area contributed by atoms with E-state index < -0.39 is 0 Å². The van der Waals surface area contributed by atoms with Crippen LogP contribution in [0.4, 0.5) is 0 Å². The van der Waals surface area contributed by atoms with Gasteiger partial charge >= 0.3 is 0 Å². The largest absolute Gasteiger partial charge is 0.513 e. The molecule has 2 nitrogen and oxygen atoms in total. The average molecular weight is 249 g/mol. The minimum atomic E-state index is 0.269. The molecule has 0 fully saturated rings. The van der Waals surface area contributed by atoms with Crippen molar-refractivity contribution in [3.8, 4) is 0 Å². The van der Waals surface area contributed by atoms with Crippen LogP contribution in [0.15, 0.2) is 48.2 Å². The van der Waals surface area contributed by atoms with Crippen molar-refractivity contribution in [2.24, 2.45) is 0 Å². The monoisotopic (exact) mass is 249 g/mol. The van der Waals surface area contributed by atoms with E-state index in [4.69, 9.17) is 0 Å². The standard InChI is InChI=1S/C17H15NO/c1-11-7-8-13-14-5-3-4-6-16(14)18-17(10-12(2)19)15(13)9-11/h3-10,19H,1-2H3/b12-10-. The first-order valence-corrected chi connectivity index (χ1v) is 6.31. The fraction of sp³-hybridized carbons (Fsp3) is 0.118. The van der Waals surface area contributed by atoms with E-state index in [0.29, 0.717) is 0 Å². The molecule has 0 unspecified atom stereocenters. The van der Waals surface area contributed by atoms with E-state index in [9.17, 15) is 5.11 Å². The van der Waals surface area contributed by atoms with Crippen LogP contribution in [0.3, 0.4) is 0 Å². The quantitative estimate of drug-likeness (QED) is 0.504. The van der Waals surface area contributed by atoms with Crippen molar-refractivity contribution >= 4 is 27.8 Å². The normalized spacial score (nSPS) is 12.2. The molecule has 94 valence electrons. The van der Waals surface area contributed by atoms with Crippen LogP contribution in [0.2, 0.25) is 0 Å². The molecule has 0 aliphatic rings. The predicted molar refractivity (Wildman–Crippen MR) is 80.3 cm³/mol. The zero-order valence-electron chi connectivity index (χ0n) is 11.0. The highest BCUT2D eigenvalue weighted by molar-refractivity contribution is 6.08. The summed E-state index contributed by atoms with van der Waals surface area (Å²) < 4.78 is 0. The highest BCUT2D eigenvalue weighted by Gasteiger charge is 2.07. The van der Waals surface area contributed by atoms with Gasteiger partial charge in [0.2, 0.25) is 0 Å². The van der Waals surface area contributed by atoms with E-state index in [1.807, 2.05) is 18.2 Å². The number of aryl methyl sites for hydroxylation is 1. The topological polar surface area (TPSA) is 33.1 Å². The van der Waals surface area contributed by atoms with Crippen molar-refractivity contribution in [1.82, 2.24) is 4.98 Å². The Balaban J connectivity index is 2.51. The van der Waals surface area contributed by atoms with Crippen LogP contribution >= 0.6 is 0 Å². The lowest BCUT2D eigenvalue weighted by atomic mass is 10.0. The van der Waals surface area contributed by atoms with Gasteiger partial charge in [-0.15, -0.1) is 0 Å². The van der Waals surface area contributed by atoms with E-state index in [2.05, 4.69) is 36.2 Å². The highest BCUT2D eigenvalue weighted by Crippen LogP contribution is 2.28. The molecule has 0 aliphatic carbocycles. The summed E-state index contributed by atoms with van der Waals surface area (Å²) in [4.78, 5) is 4.65. The number of aromatic nitrogens is 1. The first kappa shape index (κ1) is 11.7. The molecule has 0 radical (unpaired) electrons. The molecule has 1 aromatic heterocycles. The lowest BCUT2D eigenvalue weighted by molar-refractivity contribution is 0.419. The molecule has 0 saturated carbocycles. The molecule has 2 heteroatoms. The molecular weight excluding hydrogens is 234 g/mol. The molecule has 0 aliphatic heterocycles. The summed E-state index contributed by atoms with van der Waals surface area (Å²) in [6.07, 6.45) is 1.72. The number of allylic oxidation sites excluding steroid dienone is 1. The molecule has 0 spiro atoms. The molecule has 3 rings (SSSR count). The maximum Gasteiger partial charge on any atom is 0.0913 e. The summed E-state index contributed by atoms with van der Waals surface area (Å²) in [6, 6.07) is 14.4. The minimum Gasteiger partial charge on any atom is -0.513 e. The van der Waals surface area contributed by atoms with E-state index in [1.165, 1.54) is 10.9 Å². The lowest BCUT2D eigenvalue weighted by Crippen LogP contribution is -1.90. The Morgan fingerprint density at radius 1 is 1.05 bits per heavy atom. The first-order valence-electron chi connectivity index (χ1n) is 6.31. The van der Waals surface area contributed by atoms with E-state index in [0.717, 1.165) is 22.0 Å². The molecule has 0 bridgehead atoms. The van der Waals surface area contributed by atoms with Crippen molar-refractivity contribution < 1.29 is 5.11 Å². The van der Waals surface area contributed by atoms with Gasteiger partial charge < -0.3 is 5.11 Å². The van der Waals surface area contributed by atoms with Crippen molar-refractivity contribution in [2.45, 2.75) is 13.8 Å². The summed E-state index contributed by atoms with van der Waals surface area (Å²) in [5.74, 6) is 0.269. The molecule has 2 aromatic carbocycles. The van der Waals surface area contributed by atoms with Crippen LogP contribution in [0.1, 0.15) is 18.2 Å². The Labute approximate surface area is 112 Å². The number of fused-ring (bicyclic) bond motifs is 3.